The van der Waals surface area contributed by atoms with E-state index in [1.165, 1.54) is 31.6 Å². The van der Waals surface area contributed by atoms with E-state index >= 15 is 0 Å². The summed E-state index contributed by atoms with van der Waals surface area (Å²) in [6.45, 7) is 8.64. The summed E-state index contributed by atoms with van der Waals surface area (Å²) in [6, 6.07) is 2.08. The number of pyridine rings is 1. The minimum absolute atomic E-state index is 0.177. The van der Waals surface area contributed by atoms with Gasteiger partial charge in [0.05, 0.1) is 6.20 Å². The number of hydrogen-bond donors (Lipinski definition) is 0. The minimum Gasteiger partial charge on any atom is -0.487 e. The van der Waals surface area contributed by atoms with Gasteiger partial charge < -0.3 is 9.64 Å². The Morgan fingerprint density at radius 3 is 2.84 bits per heavy atom. The zero-order valence-electron chi connectivity index (χ0n) is 12.0. The second-order valence-corrected chi connectivity index (χ2v) is 6.61. The first-order chi connectivity index (χ1) is 8.99. The van der Waals surface area contributed by atoms with Gasteiger partial charge in [0.1, 0.15) is 11.4 Å². The normalized spacial score (nSPS) is 24.3. The van der Waals surface area contributed by atoms with Crippen molar-refractivity contribution >= 4 is 6.08 Å². The van der Waals surface area contributed by atoms with Gasteiger partial charge in [-0.25, -0.2) is 0 Å². The zero-order valence-corrected chi connectivity index (χ0v) is 12.0. The maximum atomic E-state index is 5.86. The fraction of sp³-hybridized carbons (Fsp3) is 0.562. The molecule has 3 heterocycles. The molecule has 0 amide bonds. The lowest BCUT2D eigenvalue weighted by atomic mass is 10.0. The van der Waals surface area contributed by atoms with Gasteiger partial charge in [-0.3, -0.25) is 4.98 Å². The summed E-state index contributed by atoms with van der Waals surface area (Å²) < 4.78 is 5.86. The summed E-state index contributed by atoms with van der Waals surface area (Å²) >= 11 is 0. The highest BCUT2D eigenvalue weighted by Gasteiger charge is 2.32. The smallest absolute Gasteiger partial charge is 0.138 e. The standard InChI is InChI=1S/C16H22N2O/c1-16(2,3)19-15-8-13(9-17-10-15)7-14-6-12-4-5-18(14)11-12/h7-10,12H,4-6,11H2,1-3H3. The van der Waals surface area contributed by atoms with Gasteiger partial charge in [0, 0.05) is 25.0 Å². The molecular formula is C16H22N2O. The lowest BCUT2D eigenvalue weighted by Gasteiger charge is -2.21. The SMILES string of the molecule is CC(C)(C)Oc1cncc(C=C2CC3CCN2C3)c1. The molecular weight excluding hydrogens is 236 g/mol. The summed E-state index contributed by atoms with van der Waals surface area (Å²) in [7, 11) is 0. The molecule has 2 bridgehead atoms. The minimum atomic E-state index is -0.177. The molecule has 1 unspecified atom stereocenters. The van der Waals surface area contributed by atoms with E-state index in [9.17, 15) is 0 Å². The molecule has 0 saturated carbocycles. The van der Waals surface area contributed by atoms with E-state index in [4.69, 9.17) is 4.74 Å². The fourth-order valence-corrected chi connectivity index (χ4v) is 2.95. The first kappa shape index (κ1) is 12.5. The molecule has 1 aromatic rings. The molecule has 0 N–H and O–H groups in total. The fourth-order valence-electron chi connectivity index (χ4n) is 2.95. The van der Waals surface area contributed by atoms with Crippen LogP contribution in [0.15, 0.2) is 24.2 Å². The van der Waals surface area contributed by atoms with Crippen molar-refractivity contribution in [3.8, 4) is 5.75 Å². The van der Waals surface area contributed by atoms with Crippen LogP contribution in [-0.2, 0) is 0 Å². The van der Waals surface area contributed by atoms with E-state index in [0.717, 1.165) is 17.2 Å². The summed E-state index contributed by atoms with van der Waals surface area (Å²) in [5.74, 6) is 1.73. The molecule has 102 valence electrons. The van der Waals surface area contributed by atoms with Crippen molar-refractivity contribution in [2.24, 2.45) is 5.92 Å². The molecule has 2 saturated heterocycles. The van der Waals surface area contributed by atoms with E-state index < -0.39 is 0 Å². The average molecular weight is 258 g/mol. The van der Waals surface area contributed by atoms with E-state index in [-0.39, 0.29) is 5.60 Å². The van der Waals surface area contributed by atoms with E-state index in [0.29, 0.717) is 0 Å². The van der Waals surface area contributed by atoms with Crippen molar-refractivity contribution < 1.29 is 4.74 Å². The van der Waals surface area contributed by atoms with Crippen LogP contribution in [0.1, 0.15) is 39.2 Å². The van der Waals surface area contributed by atoms with Crippen molar-refractivity contribution in [2.75, 3.05) is 13.1 Å². The zero-order chi connectivity index (χ0) is 13.5. The first-order valence-corrected chi connectivity index (χ1v) is 7.09. The molecule has 1 atom stereocenters. The molecule has 0 aromatic carbocycles. The molecule has 2 aliphatic heterocycles. The Bertz CT molecular complexity index is 502. The molecule has 0 aliphatic carbocycles. The van der Waals surface area contributed by atoms with Crippen LogP contribution in [0.3, 0.4) is 0 Å². The Morgan fingerprint density at radius 1 is 1.37 bits per heavy atom. The topological polar surface area (TPSA) is 25.4 Å². The van der Waals surface area contributed by atoms with Crippen molar-refractivity contribution in [1.82, 2.24) is 9.88 Å². The van der Waals surface area contributed by atoms with Gasteiger partial charge in [0.25, 0.3) is 0 Å². The third-order valence-corrected chi connectivity index (χ3v) is 3.68. The van der Waals surface area contributed by atoms with Crippen molar-refractivity contribution in [3.63, 3.8) is 0 Å². The van der Waals surface area contributed by atoms with Crippen LogP contribution >= 0.6 is 0 Å². The second-order valence-electron chi connectivity index (χ2n) is 6.61. The van der Waals surface area contributed by atoms with Crippen molar-refractivity contribution in [3.05, 3.63) is 29.7 Å². The Labute approximate surface area is 115 Å². The number of rotatable bonds is 2. The van der Waals surface area contributed by atoms with E-state index in [1.54, 1.807) is 6.20 Å². The van der Waals surface area contributed by atoms with Gasteiger partial charge in [0.15, 0.2) is 0 Å². The molecule has 0 spiro atoms. The third-order valence-electron chi connectivity index (χ3n) is 3.68. The predicted molar refractivity (Wildman–Crippen MR) is 76.9 cm³/mol. The Kier molecular flexibility index (Phi) is 3.00. The lowest BCUT2D eigenvalue weighted by Crippen LogP contribution is -2.23. The first-order valence-electron chi connectivity index (χ1n) is 7.09. The van der Waals surface area contributed by atoms with Crippen LogP contribution in [0, 0.1) is 5.92 Å². The second kappa shape index (κ2) is 4.55. The molecule has 2 fully saturated rings. The predicted octanol–water partition coefficient (Wildman–Crippen LogP) is 3.33. The number of allylic oxidation sites excluding steroid dienone is 1. The number of piperidine rings is 1. The number of ether oxygens (including phenoxy) is 1. The quantitative estimate of drug-likeness (QED) is 0.813. The summed E-state index contributed by atoms with van der Waals surface area (Å²) in [4.78, 5) is 6.79. The lowest BCUT2D eigenvalue weighted by molar-refractivity contribution is 0.130. The highest BCUT2D eigenvalue weighted by atomic mass is 16.5. The third kappa shape index (κ3) is 2.91. The molecule has 2 aliphatic rings. The molecule has 3 nitrogen and oxygen atoms in total. The number of nitrogens with zero attached hydrogens (tertiary/aromatic N) is 2. The van der Waals surface area contributed by atoms with Gasteiger partial charge in [-0.15, -0.1) is 0 Å². The monoisotopic (exact) mass is 258 g/mol. The number of aromatic nitrogens is 1. The van der Waals surface area contributed by atoms with Crippen LogP contribution in [0.5, 0.6) is 5.75 Å². The van der Waals surface area contributed by atoms with Crippen LogP contribution in [0.2, 0.25) is 0 Å². The highest BCUT2D eigenvalue weighted by Crippen LogP contribution is 2.36. The van der Waals surface area contributed by atoms with E-state index in [1.807, 2.05) is 6.20 Å². The highest BCUT2D eigenvalue weighted by molar-refractivity contribution is 5.54. The largest absolute Gasteiger partial charge is 0.487 e. The Hall–Kier alpha value is -1.51. The summed E-state index contributed by atoms with van der Waals surface area (Å²) in [6.07, 6.45) is 8.55. The van der Waals surface area contributed by atoms with Gasteiger partial charge in [-0.2, -0.15) is 0 Å². The van der Waals surface area contributed by atoms with Crippen LogP contribution in [0.4, 0.5) is 0 Å². The molecule has 0 radical (unpaired) electrons. The van der Waals surface area contributed by atoms with Gasteiger partial charge >= 0.3 is 0 Å². The average Bonchev–Trinajstić information content (AvgIpc) is 2.88. The Balaban J connectivity index is 1.78. The molecule has 19 heavy (non-hydrogen) atoms. The maximum Gasteiger partial charge on any atom is 0.138 e. The Morgan fingerprint density at radius 2 is 2.21 bits per heavy atom. The van der Waals surface area contributed by atoms with E-state index in [2.05, 4.69) is 42.8 Å². The number of hydrogen-bond acceptors (Lipinski definition) is 3. The van der Waals surface area contributed by atoms with Crippen LogP contribution < -0.4 is 4.74 Å². The van der Waals surface area contributed by atoms with Gasteiger partial charge in [-0.05, 0) is 57.2 Å². The van der Waals surface area contributed by atoms with Crippen molar-refractivity contribution in [1.29, 1.82) is 0 Å². The molecule has 3 heteroatoms. The summed E-state index contributed by atoms with van der Waals surface area (Å²) in [5, 5.41) is 0. The van der Waals surface area contributed by atoms with Gasteiger partial charge in [0.2, 0.25) is 0 Å². The van der Waals surface area contributed by atoms with Crippen molar-refractivity contribution in [2.45, 2.75) is 39.2 Å². The van der Waals surface area contributed by atoms with Crippen LogP contribution in [-0.4, -0.2) is 28.6 Å². The van der Waals surface area contributed by atoms with Gasteiger partial charge in [-0.1, -0.05) is 0 Å². The van der Waals surface area contributed by atoms with Crippen LogP contribution in [0.25, 0.3) is 6.08 Å². The molecule has 3 rings (SSSR count). The molecule has 1 aromatic heterocycles. The number of fused-ring (bicyclic) bond motifs is 2. The summed E-state index contributed by atoms with van der Waals surface area (Å²) in [5.41, 5.74) is 2.43. The maximum absolute atomic E-state index is 5.86.